The SMILES string of the molecule is COc1ccc(NCC(c2ccc(OC)cc2)N(C)C)cc1. The lowest BCUT2D eigenvalue weighted by molar-refractivity contribution is 0.311. The van der Waals surface area contributed by atoms with Gasteiger partial charge >= 0.3 is 0 Å². The summed E-state index contributed by atoms with van der Waals surface area (Å²) in [6.07, 6.45) is 0. The van der Waals surface area contributed by atoms with Crippen LogP contribution in [-0.2, 0) is 0 Å². The van der Waals surface area contributed by atoms with E-state index in [1.165, 1.54) is 5.56 Å². The average molecular weight is 300 g/mol. The van der Waals surface area contributed by atoms with Gasteiger partial charge in [-0.1, -0.05) is 12.1 Å². The summed E-state index contributed by atoms with van der Waals surface area (Å²) < 4.78 is 10.4. The summed E-state index contributed by atoms with van der Waals surface area (Å²) in [5.41, 5.74) is 2.34. The van der Waals surface area contributed by atoms with Gasteiger partial charge in [-0.2, -0.15) is 0 Å². The van der Waals surface area contributed by atoms with Crippen molar-refractivity contribution in [2.24, 2.45) is 0 Å². The van der Waals surface area contributed by atoms with Gasteiger partial charge in [-0.3, -0.25) is 0 Å². The van der Waals surface area contributed by atoms with Crippen LogP contribution in [0.5, 0.6) is 11.5 Å². The molecule has 22 heavy (non-hydrogen) atoms. The number of nitrogens with zero attached hydrogens (tertiary/aromatic N) is 1. The van der Waals surface area contributed by atoms with E-state index in [2.05, 4.69) is 36.4 Å². The van der Waals surface area contributed by atoms with Crippen molar-refractivity contribution in [3.8, 4) is 11.5 Å². The van der Waals surface area contributed by atoms with Gasteiger partial charge in [0.1, 0.15) is 11.5 Å². The largest absolute Gasteiger partial charge is 0.497 e. The van der Waals surface area contributed by atoms with Gasteiger partial charge in [0.05, 0.1) is 20.3 Å². The molecule has 0 radical (unpaired) electrons. The van der Waals surface area contributed by atoms with E-state index in [9.17, 15) is 0 Å². The molecule has 0 heterocycles. The van der Waals surface area contributed by atoms with E-state index in [1.54, 1.807) is 14.2 Å². The minimum atomic E-state index is 0.285. The van der Waals surface area contributed by atoms with Crippen molar-refractivity contribution < 1.29 is 9.47 Å². The highest BCUT2D eigenvalue weighted by Crippen LogP contribution is 2.22. The second-order valence-electron chi connectivity index (χ2n) is 5.36. The summed E-state index contributed by atoms with van der Waals surface area (Å²) in [7, 11) is 7.53. The second-order valence-corrected chi connectivity index (χ2v) is 5.36. The maximum Gasteiger partial charge on any atom is 0.119 e. The Labute approximate surface area is 132 Å². The lowest BCUT2D eigenvalue weighted by Gasteiger charge is -2.25. The summed E-state index contributed by atoms with van der Waals surface area (Å²) in [6, 6.07) is 16.5. The Balaban J connectivity index is 2.04. The Morgan fingerprint density at radius 3 is 1.82 bits per heavy atom. The highest BCUT2D eigenvalue weighted by molar-refractivity contribution is 5.46. The number of rotatable bonds is 7. The zero-order valence-corrected chi connectivity index (χ0v) is 13.7. The fraction of sp³-hybridized carbons (Fsp3) is 0.333. The molecule has 4 heteroatoms. The molecule has 0 aromatic heterocycles. The third kappa shape index (κ3) is 4.15. The van der Waals surface area contributed by atoms with E-state index >= 15 is 0 Å². The van der Waals surface area contributed by atoms with E-state index in [0.717, 1.165) is 23.7 Å². The monoisotopic (exact) mass is 300 g/mol. The van der Waals surface area contributed by atoms with E-state index in [4.69, 9.17) is 9.47 Å². The van der Waals surface area contributed by atoms with Crippen LogP contribution < -0.4 is 14.8 Å². The Morgan fingerprint density at radius 2 is 1.36 bits per heavy atom. The average Bonchev–Trinajstić information content (AvgIpc) is 2.56. The first kappa shape index (κ1) is 16.2. The summed E-state index contributed by atoms with van der Waals surface area (Å²) in [5.74, 6) is 1.74. The molecule has 0 saturated carbocycles. The molecule has 0 aliphatic rings. The van der Waals surface area contributed by atoms with Crippen LogP contribution >= 0.6 is 0 Å². The van der Waals surface area contributed by atoms with Gasteiger partial charge in [-0.15, -0.1) is 0 Å². The number of methoxy groups -OCH3 is 2. The van der Waals surface area contributed by atoms with Gasteiger partial charge in [-0.25, -0.2) is 0 Å². The van der Waals surface area contributed by atoms with Crippen LogP contribution in [0.15, 0.2) is 48.5 Å². The number of hydrogen-bond acceptors (Lipinski definition) is 4. The molecule has 1 atom stereocenters. The predicted octanol–water partition coefficient (Wildman–Crippen LogP) is 3.42. The van der Waals surface area contributed by atoms with E-state index in [1.807, 2.05) is 36.4 Å². The topological polar surface area (TPSA) is 33.7 Å². The third-order valence-corrected chi connectivity index (χ3v) is 3.71. The number of anilines is 1. The summed E-state index contributed by atoms with van der Waals surface area (Å²) in [5, 5.41) is 3.48. The lowest BCUT2D eigenvalue weighted by atomic mass is 10.1. The maximum absolute atomic E-state index is 5.22. The molecule has 2 aromatic carbocycles. The molecule has 118 valence electrons. The Morgan fingerprint density at radius 1 is 0.864 bits per heavy atom. The van der Waals surface area contributed by atoms with E-state index < -0.39 is 0 Å². The molecular formula is C18H24N2O2. The Kier molecular flexibility index (Phi) is 5.67. The molecule has 0 aliphatic heterocycles. The van der Waals surface area contributed by atoms with Crippen LogP contribution in [-0.4, -0.2) is 39.8 Å². The molecule has 2 rings (SSSR count). The van der Waals surface area contributed by atoms with Crippen LogP contribution in [0.25, 0.3) is 0 Å². The normalized spacial score (nSPS) is 12.0. The standard InChI is InChI=1S/C18H24N2O2/c1-20(2)18(14-5-9-16(21-3)10-6-14)13-19-15-7-11-17(22-4)12-8-15/h5-12,18-19H,13H2,1-4H3. The number of benzene rings is 2. The Bertz CT molecular complexity index is 565. The van der Waals surface area contributed by atoms with Gasteiger partial charge in [0.15, 0.2) is 0 Å². The predicted molar refractivity (Wildman–Crippen MR) is 90.9 cm³/mol. The van der Waals surface area contributed by atoms with Crippen molar-refractivity contribution in [2.45, 2.75) is 6.04 Å². The van der Waals surface area contributed by atoms with Gasteiger partial charge in [0, 0.05) is 12.2 Å². The molecule has 0 fully saturated rings. The van der Waals surface area contributed by atoms with Crippen molar-refractivity contribution in [2.75, 3.05) is 40.2 Å². The first-order valence-corrected chi connectivity index (χ1v) is 7.32. The minimum absolute atomic E-state index is 0.285. The third-order valence-electron chi connectivity index (χ3n) is 3.71. The van der Waals surface area contributed by atoms with Crippen LogP contribution in [0.3, 0.4) is 0 Å². The molecule has 0 amide bonds. The van der Waals surface area contributed by atoms with Crippen molar-refractivity contribution >= 4 is 5.69 Å². The summed E-state index contributed by atoms with van der Waals surface area (Å²) in [4.78, 5) is 2.21. The number of hydrogen-bond donors (Lipinski definition) is 1. The highest BCUT2D eigenvalue weighted by atomic mass is 16.5. The summed E-state index contributed by atoms with van der Waals surface area (Å²) in [6.45, 7) is 0.825. The van der Waals surface area contributed by atoms with Gasteiger partial charge < -0.3 is 19.7 Å². The van der Waals surface area contributed by atoms with Crippen molar-refractivity contribution in [3.63, 3.8) is 0 Å². The summed E-state index contributed by atoms with van der Waals surface area (Å²) >= 11 is 0. The van der Waals surface area contributed by atoms with Crippen molar-refractivity contribution in [1.82, 2.24) is 4.90 Å². The zero-order valence-electron chi connectivity index (χ0n) is 13.7. The lowest BCUT2D eigenvalue weighted by Crippen LogP contribution is -2.26. The van der Waals surface area contributed by atoms with E-state index in [-0.39, 0.29) is 6.04 Å². The van der Waals surface area contributed by atoms with Gasteiger partial charge in [0.2, 0.25) is 0 Å². The molecular weight excluding hydrogens is 276 g/mol. The first-order chi connectivity index (χ1) is 10.6. The molecule has 0 aliphatic carbocycles. The number of ether oxygens (including phenoxy) is 2. The van der Waals surface area contributed by atoms with Gasteiger partial charge in [0.25, 0.3) is 0 Å². The van der Waals surface area contributed by atoms with Crippen molar-refractivity contribution in [1.29, 1.82) is 0 Å². The fourth-order valence-electron chi connectivity index (χ4n) is 2.35. The smallest absolute Gasteiger partial charge is 0.119 e. The first-order valence-electron chi connectivity index (χ1n) is 7.32. The molecule has 0 spiro atoms. The maximum atomic E-state index is 5.22. The van der Waals surface area contributed by atoms with Crippen LogP contribution in [0, 0.1) is 0 Å². The van der Waals surface area contributed by atoms with Crippen LogP contribution in [0.1, 0.15) is 11.6 Å². The highest BCUT2D eigenvalue weighted by Gasteiger charge is 2.14. The minimum Gasteiger partial charge on any atom is -0.497 e. The van der Waals surface area contributed by atoms with E-state index in [0.29, 0.717) is 0 Å². The molecule has 1 unspecified atom stereocenters. The van der Waals surface area contributed by atoms with Gasteiger partial charge in [-0.05, 0) is 56.1 Å². The molecule has 1 N–H and O–H groups in total. The van der Waals surface area contributed by atoms with Crippen LogP contribution in [0.4, 0.5) is 5.69 Å². The molecule has 0 bridgehead atoms. The second kappa shape index (κ2) is 7.71. The number of likely N-dealkylation sites (N-methyl/N-ethyl adjacent to an activating group) is 1. The quantitative estimate of drug-likeness (QED) is 0.849. The fourth-order valence-corrected chi connectivity index (χ4v) is 2.35. The van der Waals surface area contributed by atoms with Crippen molar-refractivity contribution in [3.05, 3.63) is 54.1 Å². The Hall–Kier alpha value is -2.20. The zero-order chi connectivity index (χ0) is 15.9. The number of nitrogens with one attached hydrogen (secondary N) is 1. The van der Waals surface area contributed by atoms with Crippen LogP contribution in [0.2, 0.25) is 0 Å². The molecule has 2 aromatic rings. The molecule has 4 nitrogen and oxygen atoms in total. The molecule has 0 saturated heterocycles.